The molecule has 0 saturated heterocycles. The third-order valence-electron chi connectivity index (χ3n) is 6.09. The summed E-state index contributed by atoms with van der Waals surface area (Å²) in [5.74, 6) is 0.696. The predicted molar refractivity (Wildman–Crippen MR) is 141 cm³/mol. The van der Waals surface area contributed by atoms with Crippen molar-refractivity contribution in [1.82, 2.24) is 30.1 Å². The first-order valence-electron chi connectivity index (χ1n) is 11.5. The van der Waals surface area contributed by atoms with Crippen molar-refractivity contribution in [2.24, 2.45) is 0 Å². The van der Waals surface area contributed by atoms with Gasteiger partial charge in [-0.3, -0.25) is 15.1 Å². The molecule has 3 N–H and O–H groups in total. The Labute approximate surface area is 202 Å². The van der Waals surface area contributed by atoms with E-state index in [9.17, 15) is 0 Å². The Kier molecular flexibility index (Phi) is 5.07. The van der Waals surface area contributed by atoms with Crippen LogP contribution >= 0.6 is 0 Å². The van der Waals surface area contributed by atoms with E-state index in [1.54, 1.807) is 12.4 Å². The first kappa shape index (κ1) is 20.8. The van der Waals surface area contributed by atoms with E-state index in [4.69, 9.17) is 4.98 Å². The summed E-state index contributed by atoms with van der Waals surface area (Å²) in [4.78, 5) is 17.2. The van der Waals surface area contributed by atoms with Crippen molar-refractivity contribution in [2.75, 3.05) is 5.32 Å². The van der Waals surface area contributed by atoms with Crippen LogP contribution in [0.2, 0.25) is 0 Å². The fourth-order valence-corrected chi connectivity index (χ4v) is 4.21. The Morgan fingerprint density at radius 2 is 1.74 bits per heavy atom. The molecule has 4 heterocycles. The average molecular weight is 458 g/mol. The largest absolute Gasteiger partial charge is 0.358 e. The van der Waals surface area contributed by atoms with Gasteiger partial charge in [0.05, 0.1) is 34.6 Å². The first-order chi connectivity index (χ1) is 17.2. The first-order valence-corrected chi connectivity index (χ1v) is 11.5. The van der Waals surface area contributed by atoms with E-state index in [-0.39, 0.29) is 0 Å². The Morgan fingerprint density at radius 3 is 2.60 bits per heavy atom. The topological polar surface area (TPSA) is 95.2 Å². The molecular weight excluding hydrogens is 434 g/mol. The molecule has 0 aliphatic rings. The summed E-state index contributed by atoms with van der Waals surface area (Å²) in [6.45, 7) is 6.09. The third kappa shape index (κ3) is 3.83. The summed E-state index contributed by atoms with van der Waals surface area (Å²) in [5, 5.41) is 12.0. The van der Waals surface area contributed by atoms with Gasteiger partial charge < -0.3 is 10.3 Å². The molecule has 6 rings (SSSR count). The van der Waals surface area contributed by atoms with E-state index >= 15 is 0 Å². The van der Waals surface area contributed by atoms with E-state index in [1.807, 2.05) is 36.7 Å². The van der Waals surface area contributed by atoms with Crippen LogP contribution in [-0.2, 0) is 0 Å². The number of nitrogens with zero attached hydrogens (tertiary/aromatic N) is 4. The van der Waals surface area contributed by atoms with E-state index in [2.05, 4.69) is 74.3 Å². The smallest absolute Gasteiger partial charge is 0.159 e. The van der Waals surface area contributed by atoms with Crippen molar-refractivity contribution < 1.29 is 0 Å². The van der Waals surface area contributed by atoms with Gasteiger partial charge in [-0.25, -0.2) is 4.98 Å². The van der Waals surface area contributed by atoms with Crippen LogP contribution in [-0.4, -0.2) is 30.1 Å². The van der Waals surface area contributed by atoms with Crippen molar-refractivity contribution in [3.05, 3.63) is 91.7 Å². The van der Waals surface area contributed by atoms with E-state index in [0.717, 1.165) is 67.7 Å². The minimum Gasteiger partial charge on any atom is -0.358 e. The molecule has 7 heteroatoms. The molecule has 6 aromatic rings. The molecule has 4 aromatic heterocycles. The van der Waals surface area contributed by atoms with Crippen LogP contribution in [0.1, 0.15) is 13.3 Å². The highest BCUT2D eigenvalue weighted by atomic mass is 15.1. The number of benzene rings is 2. The molecule has 0 fully saturated rings. The lowest BCUT2D eigenvalue weighted by atomic mass is 10.0. The van der Waals surface area contributed by atoms with E-state index in [1.165, 1.54) is 0 Å². The summed E-state index contributed by atoms with van der Waals surface area (Å²) < 4.78 is 0. The predicted octanol–water partition coefficient (Wildman–Crippen LogP) is 6.57. The van der Waals surface area contributed by atoms with Crippen LogP contribution < -0.4 is 5.32 Å². The summed E-state index contributed by atoms with van der Waals surface area (Å²) in [7, 11) is 0. The number of anilines is 1. The maximum Gasteiger partial charge on any atom is 0.159 e. The van der Waals surface area contributed by atoms with Gasteiger partial charge in [0.15, 0.2) is 5.82 Å². The molecule has 35 heavy (non-hydrogen) atoms. The Hall–Kier alpha value is -4.78. The Balaban J connectivity index is 1.43. The molecule has 0 atom stereocenters. The SMILES string of the molecule is C=C(CC)Nc1cncc(-c2ccc3[nH]nc(-c4nc5c(-c6ccccc6)cncc5[nH]4)c3c2)c1. The molecule has 0 spiro atoms. The number of hydrogen-bond donors (Lipinski definition) is 3. The summed E-state index contributed by atoms with van der Waals surface area (Å²) in [6, 6.07) is 18.5. The van der Waals surface area contributed by atoms with Gasteiger partial charge in [-0.2, -0.15) is 5.10 Å². The number of fused-ring (bicyclic) bond motifs is 2. The van der Waals surface area contributed by atoms with Crippen LogP contribution in [0.5, 0.6) is 0 Å². The molecule has 7 nitrogen and oxygen atoms in total. The fourth-order valence-electron chi connectivity index (χ4n) is 4.21. The second-order valence-corrected chi connectivity index (χ2v) is 8.41. The van der Waals surface area contributed by atoms with Gasteiger partial charge in [0.1, 0.15) is 5.69 Å². The second-order valence-electron chi connectivity index (χ2n) is 8.41. The molecule has 0 amide bonds. The van der Waals surface area contributed by atoms with Crippen molar-refractivity contribution in [1.29, 1.82) is 0 Å². The lowest BCUT2D eigenvalue weighted by molar-refractivity contribution is 1.11. The molecule has 170 valence electrons. The number of nitrogens with one attached hydrogen (secondary N) is 3. The van der Waals surface area contributed by atoms with Gasteiger partial charge in [0.25, 0.3) is 0 Å². The summed E-state index contributed by atoms with van der Waals surface area (Å²) >= 11 is 0. The zero-order valence-corrected chi connectivity index (χ0v) is 19.2. The maximum absolute atomic E-state index is 4.93. The summed E-state index contributed by atoms with van der Waals surface area (Å²) in [5.41, 5.74) is 9.41. The van der Waals surface area contributed by atoms with Gasteiger partial charge in [0.2, 0.25) is 0 Å². The monoisotopic (exact) mass is 457 g/mol. The molecule has 0 bridgehead atoms. The maximum atomic E-state index is 4.93. The minimum atomic E-state index is 0.696. The lowest BCUT2D eigenvalue weighted by Crippen LogP contribution is -1.97. The number of pyridine rings is 2. The van der Waals surface area contributed by atoms with Gasteiger partial charge in [-0.15, -0.1) is 0 Å². The van der Waals surface area contributed by atoms with Gasteiger partial charge in [0, 0.05) is 34.6 Å². The Morgan fingerprint density at radius 1 is 0.886 bits per heavy atom. The van der Waals surface area contributed by atoms with Crippen LogP contribution in [0.15, 0.2) is 91.7 Å². The van der Waals surface area contributed by atoms with Crippen molar-refractivity contribution in [3.63, 3.8) is 0 Å². The van der Waals surface area contributed by atoms with E-state index in [0.29, 0.717) is 5.82 Å². The fraction of sp³-hybridized carbons (Fsp3) is 0.0714. The molecule has 0 aliphatic carbocycles. The minimum absolute atomic E-state index is 0.696. The van der Waals surface area contributed by atoms with Gasteiger partial charge >= 0.3 is 0 Å². The van der Waals surface area contributed by atoms with Gasteiger partial charge in [-0.1, -0.05) is 49.9 Å². The van der Waals surface area contributed by atoms with E-state index < -0.39 is 0 Å². The average Bonchev–Trinajstić information content (AvgIpc) is 3.53. The van der Waals surface area contributed by atoms with Crippen LogP contribution in [0.4, 0.5) is 5.69 Å². The molecule has 2 aromatic carbocycles. The Bertz CT molecular complexity index is 1680. The van der Waals surface area contributed by atoms with Crippen LogP contribution in [0, 0.1) is 0 Å². The zero-order valence-electron chi connectivity index (χ0n) is 19.2. The van der Waals surface area contributed by atoms with Crippen molar-refractivity contribution in [3.8, 4) is 33.8 Å². The molecule has 0 unspecified atom stereocenters. The zero-order chi connectivity index (χ0) is 23.8. The number of rotatable bonds is 6. The number of H-pyrrole nitrogens is 2. The quantitative estimate of drug-likeness (QED) is 0.263. The molecule has 0 radical (unpaired) electrons. The third-order valence-corrected chi connectivity index (χ3v) is 6.09. The number of allylic oxidation sites excluding steroid dienone is 1. The standard InChI is InChI=1S/C28H23N7/c1-3-17(2)31-21-11-20(13-29-14-21)19-9-10-24-22(12-19)27(35-34-24)28-32-25-16-30-15-23(26(25)33-28)18-7-5-4-6-8-18/h4-16,31H,2-3H2,1H3,(H,32,33)(H,34,35). The molecule has 0 aliphatic heterocycles. The number of aromatic nitrogens is 6. The highest BCUT2D eigenvalue weighted by Crippen LogP contribution is 2.33. The van der Waals surface area contributed by atoms with Gasteiger partial charge in [-0.05, 0) is 35.7 Å². The number of imidazole rings is 1. The van der Waals surface area contributed by atoms with Crippen molar-refractivity contribution in [2.45, 2.75) is 13.3 Å². The molecular formula is C28H23N7. The number of hydrogen-bond acceptors (Lipinski definition) is 5. The van der Waals surface area contributed by atoms with Crippen molar-refractivity contribution >= 4 is 27.6 Å². The highest BCUT2D eigenvalue weighted by molar-refractivity contribution is 5.98. The van der Waals surface area contributed by atoms with Crippen LogP contribution in [0.3, 0.4) is 0 Å². The summed E-state index contributed by atoms with van der Waals surface area (Å²) in [6.07, 6.45) is 8.17. The van der Waals surface area contributed by atoms with Crippen LogP contribution in [0.25, 0.3) is 55.7 Å². The number of aromatic amines is 2. The lowest BCUT2D eigenvalue weighted by Gasteiger charge is -2.09. The highest BCUT2D eigenvalue weighted by Gasteiger charge is 2.16. The molecule has 0 saturated carbocycles. The second kappa shape index (κ2) is 8.53. The normalized spacial score (nSPS) is 11.2.